The summed E-state index contributed by atoms with van der Waals surface area (Å²) in [6.07, 6.45) is 2.51. The van der Waals surface area contributed by atoms with Crippen molar-refractivity contribution in [3.05, 3.63) is 47.7 Å². The van der Waals surface area contributed by atoms with Gasteiger partial charge in [0, 0.05) is 5.69 Å². The summed E-state index contributed by atoms with van der Waals surface area (Å²) in [5.74, 6) is -1.29. The van der Waals surface area contributed by atoms with E-state index in [1.807, 2.05) is 0 Å². The Kier molecular flexibility index (Phi) is 3.18. The molecule has 0 amide bonds. The van der Waals surface area contributed by atoms with Crippen LogP contribution in [0.4, 0.5) is 15.9 Å². The van der Waals surface area contributed by atoms with Crippen molar-refractivity contribution in [3.8, 4) is 0 Å². The molecule has 0 bridgehead atoms. The van der Waals surface area contributed by atoms with Crippen molar-refractivity contribution >= 4 is 17.5 Å². The van der Waals surface area contributed by atoms with Crippen LogP contribution in [0.15, 0.2) is 30.6 Å². The molecule has 0 saturated heterocycles. The van der Waals surface area contributed by atoms with E-state index in [4.69, 9.17) is 5.11 Å². The van der Waals surface area contributed by atoms with Crippen LogP contribution >= 0.6 is 0 Å². The Morgan fingerprint density at radius 1 is 1.33 bits per heavy atom. The summed E-state index contributed by atoms with van der Waals surface area (Å²) < 4.78 is 13.2. The van der Waals surface area contributed by atoms with E-state index in [1.54, 1.807) is 13.0 Å². The van der Waals surface area contributed by atoms with Crippen LogP contribution in [0.2, 0.25) is 0 Å². The van der Waals surface area contributed by atoms with E-state index in [-0.39, 0.29) is 17.3 Å². The van der Waals surface area contributed by atoms with Crippen LogP contribution in [0.5, 0.6) is 0 Å². The molecule has 0 radical (unpaired) electrons. The number of nitrogens with one attached hydrogen (secondary N) is 1. The Labute approximate surface area is 102 Å². The number of aryl methyl sites for hydroxylation is 1. The molecule has 92 valence electrons. The highest BCUT2D eigenvalue weighted by Gasteiger charge is 2.06. The second kappa shape index (κ2) is 4.79. The van der Waals surface area contributed by atoms with Crippen molar-refractivity contribution in [2.45, 2.75) is 6.92 Å². The third kappa shape index (κ3) is 2.79. The van der Waals surface area contributed by atoms with E-state index in [2.05, 4.69) is 15.3 Å². The van der Waals surface area contributed by atoms with Gasteiger partial charge in [-0.05, 0) is 30.7 Å². The molecular weight excluding hydrogens is 237 g/mol. The van der Waals surface area contributed by atoms with E-state index in [0.717, 1.165) is 11.8 Å². The lowest BCUT2D eigenvalue weighted by atomic mass is 10.2. The smallest absolute Gasteiger partial charge is 0.356 e. The molecule has 0 aliphatic rings. The predicted molar refractivity (Wildman–Crippen MR) is 63.4 cm³/mol. The van der Waals surface area contributed by atoms with Crippen LogP contribution in [0.3, 0.4) is 0 Å². The van der Waals surface area contributed by atoms with Crippen molar-refractivity contribution in [2.24, 2.45) is 0 Å². The lowest BCUT2D eigenvalue weighted by molar-refractivity contribution is 0.0690. The van der Waals surface area contributed by atoms with Crippen molar-refractivity contribution < 1.29 is 14.3 Å². The highest BCUT2D eigenvalue weighted by atomic mass is 19.1. The average molecular weight is 247 g/mol. The number of anilines is 2. The summed E-state index contributed by atoms with van der Waals surface area (Å²) in [6, 6.07) is 4.41. The minimum Gasteiger partial charge on any atom is -0.476 e. The first kappa shape index (κ1) is 12.0. The highest BCUT2D eigenvalue weighted by molar-refractivity contribution is 5.85. The standard InChI is InChI=1S/C12H10FN3O2/c1-7-2-8(13)4-9(3-7)15-11-6-14-5-10(16-11)12(17)18/h2-6H,1H3,(H,15,16)(H,17,18). The molecule has 0 fully saturated rings. The number of hydrogen-bond donors (Lipinski definition) is 2. The molecule has 0 saturated carbocycles. The van der Waals surface area contributed by atoms with Crippen LogP contribution in [-0.4, -0.2) is 21.0 Å². The van der Waals surface area contributed by atoms with Gasteiger partial charge in [-0.1, -0.05) is 0 Å². The highest BCUT2D eigenvalue weighted by Crippen LogP contribution is 2.17. The fraction of sp³-hybridized carbons (Fsp3) is 0.0833. The summed E-state index contributed by atoms with van der Waals surface area (Å²) in [5.41, 5.74) is 1.07. The molecule has 6 heteroatoms. The van der Waals surface area contributed by atoms with Gasteiger partial charge < -0.3 is 10.4 Å². The summed E-state index contributed by atoms with van der Waals surface area (Å²) in [7, 11) is 0. The fourth-order valence-electron chi connectivity index (χ4n) is 1.49. The van der Waals surface area contributed by atoms with Gasteiger partial charge >= 0.3 is 5.97 Å². The van der Waals surface area contributed by atoms with E-state index in [9.17, 15) is 9.18 Å². The summed E-state index contributed by atoms with van der Waals surface area (Å²) in [6.45, 7) is 1.76. The third-order valence-electron chi connectivity index (χ3n) is 2.17. The zero-order valence-electron chi connectivity index (χ0n) is 9.51. The number of aromatic nitrogens is 2. The number of carboxylic acids is 1. The van der Waals surface area contributed by atoms with Crippen LogP contribution in [-0.2, 0) is 0 Å². The number of rotatable bonds is 3. The van der Waals surface area contributed by atoms with Crippen molar-refractivity contribution in [3.63, 3.8) is 0 Å². The Hall–Kier alpha value is -2.50. The lowest BCUT2D eigenvalue weighted by Gasteiger charge is -2.06. The van der Waals surface area contributed by atoms with Crippen LogP contribution < -0.4 is 5.32 Å². The normalized spacial score (nSPS) is 10.1. The predicted octanol–water partition coefficient (Wildman–Crippen LogP) is 2.37. The molecule has 1 heterocycles. The third-order valence-corrected chi connectivity index (χ3v) is 2.17. The van der Waals surface area contributed by atoms with Gasteiger partial charge in [-0.25, -0.2) is 14.2 Å². The van der Waals surface area contributed by atoms with Gasteiger partial charge in [0.25, 0.3) is 0 Å². The lowest BCUT2D eigenvalue weighted by Crippen LogP contribution is -2.04. The minimum absolute atomic E-state index is 0.173. The SMILES string of the molecule is Cc1cc(F)cc(Nc2cncc(C(=O)O)n2)c1. The Morgan fingerprint density at radius 2 is 2.11 bits per heavy atom. The average Bonchev–Trinajstić information content (AvgIpc) is 2.27. The minimum atomic E-state index is -1.17. The number of benzene rings is 1. The molecule has 5 nitrogen and oxygen atoms in total. The number of carbonyl (C=O) groups is 1. The molecule has 1 aromatic heterocycles. The Balaban J connectivity index is 2.28. The van der Waals surface area contributed by atoms with E-state index < -0.39 is 5.97 Å². The van der Waals surface area contributed by atoms with Gasteiger partial charge in [0.05, 0.1) is 12.4 Å². The molecule has 0 aliphatic carbocycles. The molecular formula is C12H10FN3O2. The van der Waals surface area contributed by atoms with E-state index in [1.165, 1.54) is 18.3 Å². The first-order valence-electron chi connectivity index (χ1n) is 5.14. The van der Waals surface area contributed by atoms with Crippen LogP contribution in [0, 0.1) is 12.7 Å². The molecule has 2 aromatic rings. The van der Waals surface area contributed by atoms with Gasteiger partial charge in [-0.2, -0.15) is 0 Å². The molecule has 0 atom stereocenters. The molecule has 0 aliphatic heterocycles. The number of nitrogens with zero attached hydrogens (tertiary/aromatic N) is 2. The molecule has 2 N–H and O–H groups in total. The first-order chi connectivity index (χ1) is 8.54. The van der Waals surface area contributed by atoms with Crippen molar-refractivity contribution in [1.82, 2.24) is 9.97 Å². The van der Waals surface area contributed by atoms with Crippen molar-refractivity contribution in [2.75, 3.05) is 5.32 Å². The quantitative estimate of drug-likeness (QED) is 0.870. The molecule has 1 aromatic carbocycles. The van der Waals surface area contributed by atoms with Gasteiger partial charge in [-0.3, -0.25) is 4.98 Å². The molecule has 18 heavy (non-hydrogen) atoms. The summed E-state index contributed by atoms with van der Waals surface area (Å²) >= 11 is 0. The van der Waals surface area contributed by atoms with E-state index in [0.29, 0.717) is 5.69 Å². The van der Waals surface area contributed by atoms with Crippen molar-refractivity contribution in [1.29, 1.82) is 0 Å². The zero-order chi connectivity index (χ0) is 13.1. The molecule has 0 unspecified atom stereocenters. The monoisotopic (exact) mass is 247 g/mol. The topological polar surface area (TPSA) is 75.1 Å². The maximum atomic E-state index is 13.2. The van der Waals surface area contributed by atoms with Crippen LogP contribution in [0.25, 0.3) is 0 Å². The van der Waals surface area contributed by atoms with Gasteiger partial charge in [0.1, 0.15) is 11.6 Å². The van der Waals surface area contributed by atoms with Gasteiger partial charge in [-0.15, -0.1) is 0 Å². The number of halogens is 1. The fourth-order valence-corrected chi connectivity index (χ4v) is 1.49. The number of hydrogen-bond acceptors (Lipinski definition) is 4. The largest absolute Gasteiger partial charge is 0.476 e. The summed E-state index contributed by atoms with van der Waals surface area (Å²) in [5, 5.41) is 11.6. The molecule has 0 spiro atoms. The second-order valence-corrected chi connectivity index (χ2v) is 3.74. The number of carboxylic acid groups (broad SMARTS) is 1. The van der Waals surface area contributed by atoms with Gasteiger partial charge in [0.15, 0.2) is 5.69 Å². The van der Waals surface area contributed by atoms with Gasteiger partial charge in [0.2, 0.25) is 0 Å². The van der Waals surface area contributed by atoms with Crippen LogP contribution in [0.1, 0.15) is 16.1 Å². The first-order valence-corrected chi connectivity index (χ1v) is 5.14. The second-order valence-electron chi connectivity index (χ2n) is 3.74. The summed E-state index contributed by atoms with van der Waals surface area (Å²) in [4.78, 5) is 18.3. The Morgan fingerprint density at radius 3 is 2.78 bits per heavy atom. The van der Waals surface area contributed by atoms with E-state index >= 15 is 0 Å². The maximum absolute atomic E-state index is 13.2. The molecule has 2 rings (SSSR count). The zero-order valence-corrected chi connectivity index (χ0v) is 9.51. The Bertz CT molecular complexity index is 581. The number of aromatic carboxylic acids is 1. The maximum Gasteiger partial charge on any atom is 0.356 e.